The van der Waals surface area contributed by atoms with Gasteiger partial charge in [0, 0.05) is 18.2 Å². The number of hydrogen-bond acceptors (Lipinski definition) is 3. The van der Waals surface area contributed by atoms with Gasteiger partial charge in [0.25, 0.3) is 0 Å². The van der Waals surface area contributed by atoms with Crippen molar-refractivity contribution in [3.8, 4) is 0 Å². The van der Waals surface area contributed by atoms with E-state index in [2.05, 4.69) is 36.3 Å². The first-order valence-electron chi connectivity index (χ1n) is 6.94. The predicted molar refractivity (Wildman–Crippen MR) is 74.1 cm³/mol. The first-order chi connectivity index (χ1) is 8.93. The van der Waals surface area contributed by atoms with Gasteiger partial charge in [-0.2, -0.15) is 5.10 Å². The van der Waals surface area contributed by atoms with E-state index in [0.29, 0.717) is 12.5 Å². The molecule has 4 N–H and O–H groups in total. The Kier molecular flexibility index (Phi) is 3.94. The molecule has 0 aromatic carbocycles. The van der Waals surface area contributed by atoms with Crippen LogP contribution in [0.2, 0.25) is 0 Å². The van der Waals surface area contributed by atoms with Crippen molar-refractivity contribution in [2.45, 2.75) is 46.2 Å². The van der Waals surface area contributed by atoms with E-state index in [1.807, 2.05) is 6.07 Å². The molecule has 5 nitrogen and oxygen atoms in total. The first kappa shape index (κ1) is 14.1. The molecule has 0 spiro atoms. The number of nitrogens with zero attached hydrogens (tertiary/aromatic N) is 1. The summed E-state index contributed by atoms with van der Waals surface area (Å²) in [7, 11) is 0. The van der Waals surface area contributed by atoms with E-state index < -0.39 is 0 Å². The highest BCUT2D eigenvalue weighted by molar-refractivity contribution is 5.79. The molecule has 106 valence electrons. The van der Waals surface area contributed by atoms with Crippen LogP contribution >= 0.6 is 0 Å². The summed E-state index contributed by atoms with van der Waals surface area (Å²) < 4.78 is 0. The summed E-state index contributed by atoms with van der Waals surface area (Å²) in [5.74, 6) is 0.507. The van der Waals surface area contributed by atoms with Crippen LogP contribution in [0.15, 0.2) is 12.3 Å². The fourth-order valence-corrected chi connectivity index (χ4v) is 3.01. The Morgan fingerprint density at radius 2 is 2.32 bits per heavy atom. The molecule has 3 unspecified atom stereocenters. The Morgan fingerprint density at radius 3 is 2.95 bits per heavy atom. The van der Waals surface area contributed by atoms with E-state index in [9.17, 15) is 4.79 Å². The van der Waals surface area contributed by atoms with Crippen molar-refractivity contribution in [3.63, 3.8) is 0 Å². The van der Waals surface area contributed by atoms with E-state index in [0.717, 1.165) is 18.5 Å². The zero-order chi connectivity index (χ0) is 14.0. The van der Waals surface area contributed by atoms with E-state index in [1.54, 1.807) is 6.20 Å². The van der Waals surface area contributed by atoms with E-state index in [1.165, 1.54) is 0 Å². The normalized spacial score (nSPS) is 30.0. The van der Waals surface area contributed by atoms with E-state index in [-0.39, 0.29) is 23.3 Å². The Morgan fingerprint density at radius 1 is 1.58 bits per heavy atom. The Labute approximate surface area is 114 Å². The summed E-state index contributed by atoms with van der Waals surface area (Å²) >= 11 is 0. The van der Waals surface area contributed by atoms with Gasteiger partial charge in [0.2, 0.25) is 5.91 Å². The molecule has 1 amide bonds. The number of aromatic nitrogens is 2. The second-order valence-corrected chi connectivity index (χ2v) is 6.20. The van der Waals surface area contributed by atoms with E-state index >= 15 is 0 Å². The summed E-state index contributed by atoms with van der Waals surface area (Å²) in [6.07, 6.45) is 3.48. The molecule has 0 saturated heterocycles. The van der Waals surface area contributed by atoms with Gasteiger partial charge in [0.15, 0.2) is 0 Å². The van der Waals surface area contributed by atoms with Crippen LogP contribution in [0.1, 0.15) is 39.3 Å². The highest BCUT2D eigenvalue weighted by Crippen LogP contribution is 2.44. The average molecular weight is 264 g/mol. The van der Waals surface area contributed by atoms with Gasteiger partial charge in [0.1, 0.15) is 0 Å². The highest BCUT2D eigenvalue weighted by atomic mass is 16.1. The lowest BCUT2D eigenvalue weighted by Crippen LogP contribution is -2.51. The third-order valence-corrected chi connectivity index (χ3v) is 4.83. The van der Waals surface area contributed by atoms with Crippen molar-refractivity contribution in [1.82, 2.24) is 15.5 Å². The number of H-pyrrole nitrogens is 1. The lowest BCUT2D eigenvalue weighted by Gasteiger charge is -2.46. The third-order valence-electron chi connectivity index (χ3n) is 4.83. The smallest absolute Gasteiger partial charge is 0.223 e. The molecule has 5 heteroatoms. The van der Waals surface area contributed by atoms with Crippen molar-refractivity contribution in [3.05, 3.63) is 18.0 Å². The summed E-state index contributed by atoms with van der Waals surface area (Å²) in [5.41, 5.74) is 6.99. The topological polar surface area (TPSA) is 83.8 Å². The lowest BCUT2D eigenvalue weighted by molar-refractivity contribution is -0.132. The quantitative estimate of drug-likeness (QED) is 0.772. The van der Waals surface area contributed by atoms with Gasteiger partial charge in [-0.25, -0.2) is 0 Å². The molecule has 1 aliphatic rings. The minimum absolute atomic E-state index is 0.0326. The first-order valence-corrected chi connectivity index (χ1v) is 6.94. The maximum atomic E-state index is 12.4. The third kappa shape index (κ3) is 2.81. The molecule has 1 fully saturated rings. The van der Waals surface area contributed by atoms with Crippen LogP contribution in [0.5, 0.6) is 0 Å². The second kappa shape index (κ2) is 5.33. The van der Waals surface area contributed by atoms with Gasteiger partial charge in [-0.1, -0.05) is 20.8 Å². The minimum Gasteiger partial charge on any atom is -0.350 e. The van der Waals surface area contributed by atoms with Crippen LogP contribution in [0.3, 0.4) is 0 Å². The van der Waals surface area contributed by atoms with E-state index in [4.69, 9.17) is 5.73 Å². The van der Waals surface area contributed by atoms with Crippen molar-refractivity contribution < 1.29 is 4.79 Å². The average Bonchev–Trinajstić information content (AvgIpc) is 2.86. The minimum atomic E-state index is -0.0598. The molecule has 1 aromatic rings. The Hall–Kier alpha value is -1.36. The van der Waals surface area contributed by atoms with Gasteiger partial charge in [0.05, 0.1) is 12.2 Å². The van der Waals surface area contributed by atoms with Crippen LogP contribution in [-0.4, -0.2) is 22.1 Å². The highest BCUT2D eigenvalue weighted by Gasteiger charge is 2.44. The molecule has 1 saturated carbocycles. The summed E-state index contributed by atoms with van der Waals surface area (Å²) in [6, 6.07) is 2.07. The number of hydrogen-bond donors (Lipinski definition) is 3. The molecule has 0 aliphatic heterocycles. The number of nitrogens with two attached hydrogens (primary N) is 1. The van der Waals surface area contributed by atoms with Crippen molar-refractivity contribution in [2.75, 3.05) is 0 Å². The standard InChI is InChI=1S/C14H24N4O/c1-9-12(15)5-4-11(14(9,2)3)13(19)16-8-10-6-7-17-18-10/h6-7,9,11-12H,4-5,8,15H2,1-3H3,(H,16,19)(H,17,18). The van der Waals surface area contributed by atoms with Crippen molar-refractivity contribution in [1.29, 1.82) is 0 Å². The fourth-order valence-electron chi connectivity index (χ4n) is 3.01. The van der Waals surface area contributed by atoms with Crippen LogP contribution < -0.4 is 11.1 Å². The fraction of sp³-hybridized carbons (Fsp3) is 0.714. The molecule has 1 aliphatic carbocycles. The number of rotatable bonds is 3. The molecule has 1 aromatic heterocycles. The van der Waals surface area contributed by atoms with Gasteiger partial charge < -0.3 is 11.1 Å². The second-order valence-electron chi connectivity index (χ2n) is 6.20. The molecule has 1 heterocycles. The largest absolute Gasteiger partial charge is 0.350 e. The Bertz CT molecular complexity index is 427. The maximum absolute atomic E-state index is 12.4. The number of nitrogens with one attached hydrogen (secondary N) is 2. The number of carbonyl (C=O) groups is 1. The Balaban J connectivity index is 1.98. The van der Waals surface area contributed by atoms with Gasteiger partial charge >= 0.3 is 0 Å². The van der Waals surface area contributed by atoms with Gasteiger partial charge in [-0.05, 0) is 30.2 Å². The molecule has 19 heavy (non-hydrogen) atoms. The van der Waals surface area contributed by atoms with Crippen molar-refractivity contribution in [2.24, 2.45) is 23.0 Å². The molecule has 0 bridgehead atoms. The predicted octanol–water partition coefficient (Wildman–Crippen LogP) is 1.43. The van der Waals surface area contributed by atoms with Crippen LogP contribution in [-0.2, 0) is 11.3 Å². The molecule has 0 radical (unpaired) electrons. The zero-order valence-corrected chi connectivity index (χ0v) is 11.9. The summed E-state index contributed by atoms with van der Waals surface area (Å²) in [4.78, 5) is 12.4. The maximum Gasteiger partial charge on any atom is 0.223 e. The zero-order valence-electron chi connectivity index (χ0n) is 11.9. The molecule has 2 rings (SSSR count). The van der Waals surface area contributed by atoms with Crippen LogP contribution in [0.4, 0.5) is 0 Å². The lowest BCUT2D eigenvalue weighted by atomic mass is 9.61. The van der Waals surface area contributed by atoms with Crippen molar-refractivity contribution >= 4 is 5.91 Å². The summed E-state index contributed by atoms with van der Waals surface area (Å²) in [6.45, 7) is 6.96. The summed E-state index contributed by atoms with van der Waals surface area (Å²) in [5, 5.41) is 9.71. The van der Waals surface area contributed by atoms with Crippen LogP contribution in [0.25, 0.3) is 0 Å². The van der Waals surface area contributed by atoms with Gasteiger partial charge in [-0.15, -0.1) is 0 Å². The monoisotopic (exact) mass is 264 g/mol. The molecule has 3 atom stereocenters. The van der Waals surface area contributed by atoms with Gasteiger partial charge in [-0.3, -0.25) is 9.89 Å². The number of carbonyl (C=O) groups excluding carboxylic acids is 1. The molecular formula is C14H24N4O. The molecular weight excluding hydrogens is 240 g/mol. The SMILES string of the molecule is CC1C(N)CCC(C(=O)NCc2ccn[nH]2)C1(C)C. The number of aromatic amines is 1. The van der Waals surface area contributed by atoms with Crippen LogP contribution in [0, 0.1) is 17.3 Å². The number of amides is 1.